The standard InChI is InChI=1S/C12H9N3O2S/c1-17-9-5-3-2-4-8(9)6-10-11(16)15-12(18-10)13-7-14-15/h2-7H,1H3/b10-6-. The van der Waals surface area contributed by atoms with Gasteiger partial charge in [-0.05, 0) is 12.1 Å². The van der Waals surface area contributed by atoms with Crippen LogP contribution in [0.5, 0.6) is 5.75 Å². The second kappa shape index (κ2) is 4.23. The summed E-state index contributed by atoms with van der Waals surface area (Å²) < 4.78 is 7.14. The molecule has 0 aliphatic carbocycles. The minimum atomic E-state index is -0.154. The SMILES string of the molecule is COc1ccccc1/C=c1\sc2ncnn2c1=O. The van der Waals surface area contributed by atoms with Crippen LogP contribution >= 0.6 is 11.3 Å². The Morgan fingerprint density at radius 2 is 2.22 bits per heavy atom. The maximum absolute atomic E-state index is 12.0. The van der Waals surface area contributed by atoms with E-state index < -0.39 is 0 Å². The number of ether oxygens (including phenoxy) is 1. The lowest BCUT2D eigenvalue weighted by molar-refractivity contribution is 0.414. The van der Waals surface area contributed by atoms with Crippen molar-refractivity contribution < 1.29 is 4.74 Å². The Labute approximate surface area is 106 Å². The minimum Gasteiger partial charge on any atom is -0.496 e. The van der Waals surface area contributed by atoms with E-state index in [0.717, 1.165) is 11.3 Å². The summed E-state index contributed by atoms with van der Waals surface area (Å²) >= 11 is 1.31. The Bertz CT molecular complexity index is 806. The first-order valence-corrected chi connectivity index (χ1v) is 6.08. The molecule has 5 nitrogen and oxygen atoms in total. The third kappa shape index (κ3) is 1.67. The van der Waals surface area contributed by atoms with E-state index in [1.807, 2.05) is 24.3 Å². The molecule has 18 heavy (non-hydrogen) atoms. The average molecular weight is 259 g/mol. The molecule has 0 spiro atoms. The van der Waals surface area contributed by atoms with E-state index in [2.05, 4.69) is 10.1 Å². The molecule has 1 aromatic carbocycles. The van der Waals surface area contributed by atoms with Crippen LogP contribution in [0.25, 0.3) is 11.0 Å². The van der Waals surface area contributed by atoms with Crippen molar-refractivity contribution in [1.82, 2.24) is 14.6 Å². The fourth-order valence-corrected chi connectivity index (χ4v) is 2.58. The predicted molar refractivity (Wildman–Crippen MR) is 68.9 cm³/mol. The van der Waals surface area contributed by atoms with E-state index in [9.17, 15) is 4.79 Å². The lowest BCUT2D eigenvalue weighted by Gasteiger charge is -2.02. The van der Waals surface area contributed by atoms with Crippen LogP contribution in [0.15, 0.2) is 35.4 Å². The molecule has 90 valence electrons. The van der Waals surface area contributed by atoms with Crippen molar-refractivity contribution in [1.29, 1.82) is 0 Å². The van der Waals surface area contributed by atoms with Crippen LogP contribution in [0.4, 0.5) is 0 Å². The summed E-state index contributed by atoms with van der Waals surface area (Å²) in [6.07, 6.45) is 3.17. The fraction of sp³-hybridized carbons (Fsp3) is 0.0833. The number of benzene rings is 1. The van der Waals surface area contributed by atoms with Crippen LogP contribution in [0.1, 0.15) is 5.56 Å². The fourth-order valence-electron chi connectivity index (χ4n) is 1.70. The largest absolute Gasteiger partial charge is 0.496 e. The van der Waals surface area contributed by atoms with Crippen molar-refractivity contribution in [2.75, 3.05) is 7.11 Å². The number of methoxy groups -OCH3 is 1. The number of aromatic nitrogens is 3. The Morgan fingerprint density at radius 3 is 3.00 bits per heavy atom. The van der Waals surface area contributed by atoms with Gasteiger partial charge in [-0.2, -0.15) is 9.61 Å². The van der Waals surface area contributed by atoms with Gasteiger partial charge in [0.1, 0.15) is 12.1 Å². The number of rotatable bonds is 2. The normalized spacial score (nSPS) is 12.2. The van der Waals surface area contributed by atoms with Gasteiger partial charge in [-0.25, -0.2) is 4.98 Å². The van der Waals surface area contributed by atoms with Crippen LogP contribution in [-0.4, -0.2) is 21.7 Å². The summed E-state index contributed by atoms with van der Waals surface area (Å²) in [6.45, 7) is 0. The molecule has 3 aromatic rings. The Hall–Kier alpha value is -2.21. The van der Waals surface area contributed by atoms with Crippen LogP contribution < -0.4 is 14.8 Å². The van der Waals surface area contributed by atoms with E-state index in [1.54, 1.807) is 13.2 Å². The third-order valence-electron chi connectivity index (χ3n) is 2.55. The van der Waals surface area contributed by atoms with Crippen molar-refractivity contribution >= 4 is 22.4 Å². The molecule has 0 amide bonds. The molecule has 2 aromatic heterocycles. The van der Waals surface area contributed by atoms with E-state index in [1.165, 1.54) is 22.2 Å². The molecular formula is C12H9N3O2S. The van der Waals surface area contributed by atoms with Crippen LogP contribution in [0, 0.1) is 0 Å². The van der Waals surface area contributed by atoms with Gasteiger partial charge in [-0.3, -0.25) is 4.79 Å². The second-order valence-electron chi connectivity index (χ2n) is 3.61. The quantitative estimate of drug-likeness (QED) is 0.680. The zero-order valence-electron chi connectivity index (χ0n) is 9.53. The zero-order chi connectivity index (χ0) is 12.5. The van der Waals surface area contributed by atoms with Gasteiger partial charge in [-0.1, -0.05) is 29.5 Å². The summed E-state index contributed by atoms with van der Waals surface area (Å²) in [5.41, 5.74) is 0.708. The molecule has 3 rings (SSSR count). The maximum Gasteiger partial charge on any atom is 0.291 e. The number of thiazole rings is 1. The highest BCUT2D eigenvalue weighted by Crippen LogP contribution is 2.17. The predicted octanol–water partition coefficient (Wildman–Crippen LogP) is 0.707. The van der Waals surface area contributed by atoms with Crippen molar-refractivity contribution in [3.05, 3.63) is 51.0 Å². The minimum absolute atomic E-state index is 0.154. The van der Waals surface area contributed by atoms with Crippen LogP contribution in [-0.2, 0) is 0 Å². The van der Waals surface area contributed by atoms with Crippen molar-refractivity contribution in [3.63, 3.8) is 0 Å². The van der Waals surface area contributed by atoms with Crippen molar-refractivity contribution in [3.8, 4) is 5.75 Å². The molecule has 0 aliphatic rings. The van der Waals surface area contributed by atoms with E-state index in [0.29, 0.717) is 9.49 Å². The van der Waals surface area contributed by atoms with Gasteiger partial charge in [0.05, 0.1) is 11.6 Å². The molecule has 0 unspecified atom stereocenters. The number of hydrogen-bond donors (Lipinski definition) is 0. The van der Waals surface area contributed by atoms with Gasteiger partial charge >= 0.3 is 0 Å². The second-order valence-corrected chi connectivity index (χ2v) is 4.62. The molecule has 0 saturated carbocycles. The van der Waals surface area contributed by atoms with Crippen LogP contribution in [0.3, 0.4) is 0 Å². The molecule has 0 saturated heterocycles. The highest BCUT2D eigenvalue weighted by Gasteiger charge is 2.06. The Kier molecular flexibility index (Phi) is 2.56. The highest BCUT2D eigenvalue weighted by molar-refractivity contribution is 7.15. The monoisotopic (exact) mass is 259 g/mol. The van der Waals surface area contributed by atoms with Gasteiger partial charge in [0.2, 0.25) is 4.96 Å². The van der Waals surface area contributed by atoms with E-state index in [4.69, 9.17) is 4.74 Å². The summed E-state index contributed by atoms with van der Waals surface area (Å²) in [5, 5.41) is 3.88. The first-order chi connectivity index (χ1) is 8.79. The van der Waals surface area contributed by atoms with E-state index in [-0.39, 0.29) is 5.56 Å². The summed E-state index contributed by atoms with van der Waals surface area (Å²) in [7, 11) is 1.60. The highest BCUT2D eigenvalue weighted by atomic mass is 32.1. The topological polar surface area (TPSA) is 56.5 Å². The van der Waals surface area contributed by atoms with Crippen molar-refractivity contribution in [2.24, 2.45) is 0 Å². The summed E-state index contributed by atoms with van der Waals surface area (Å²) in [5.74, 6) is 0.732. The molecular weight excluding hydrogens is 250 g/mol. The molecule has 0 radical (unpaired) electrons. The van der Waals surface area contributed by atoms with Crippen molar-refractivity contribution in [2.45, 2.75) is 0 Å². The first kappa shape index (κ1) is 10.9. The Morgan fingerprint density at radius 1 is 1.39 bits per heavy atom. The van der Waals surface area contributed by atoms with Gasteiger partial charge in [-0.15, -0.1) is 0 Å². The van der Waals surface area contributed by atoms with Gasteiger partial charge in [0.15, 0.2) is 0 Å². The lowest BCUT2D eigenvalue weighted by atomic mass is 10.2. The van der Waals surface area contributed by atoms with Gasteiger partial charge in [0, 0.05) is 5.56 Å². The third-order valence-corrected chi connectivity index (χ3v) is 3.52. The molecule has 0 atom stereocenters. The van der Waals surface area contributed by atoms with E-state index >= 15 is 0 Å². The molecule has 2 heterocycles. The molecule has 0 N–H and O–H groups in total. The number of nitrogens with zero attached hydrogens (tertiary/aromatic N) is 3. The molecule has 0 fully saturated rings. The van der Waals surface area contributed by atoms with Gasteiger partial charge < -0.3 is 4.74 Å². The number of para-hydroxylation sites is 1. The number of hydrogen-bond acceptors (Lipinski definition) is 5. The molecule has 0 bridgehead atoms. The Balaban J connectivity index is 2.24. The smallest absolute Gasteiger partial charge is 0.291 e. The van der Waals surface area contributed by atoms with Crippen LogP contribution in [0.2, 0.25) is 0 Å². The summed E-state index contributed by atoms with van der Waals surface area (Å²) in [4.78, 5) is 16.6. The maximum atomic E-state index is 12.0. The van der Waals surface area contributed by atoms with Gasteiger partial charge in [0.25, 0.3) is 5.56 Å². The molecule has 6 heteroatoms. The summed E-state index contributed by atoms with van der Waals surface area (Å²) in [6, 6.07) is 7.54. The molecule has 0 aliphatic heterocycles. The lowest BCUT2D eigenvalue weighted by Crippen LogP contribution is -2.23. The average Bonchev–Trinajstić information content (AvgIpc) is 2.95. The zero-order valence-corrected chi connectivity index (χ0v) is 10.3. The first-order valence-electron chi connectivity index (χ1n) is 5.27. The number of fused-ring (bicyclic) bond motifs is 1.